The molecule has 3 rings (SSSR count). The Bertz CT molecular complexity index is 852. The van der Waals surface area contributed by atoms with E-state index in [1.54, 1.807) is 24.3 Å². The normalized spacial score (nSPS) is 13.7. The highest BCUT2D eigenvalue weighted by molar-refractivity contribution is 6.34. The minimum atomic E-state index is -1.06. The minimum absolute atomic E-state index is 0.0825. The number of anilines is 1. The summed E-state index contributed by atoms with van der Waals surface area (Å²) in [5, 5.41) is 18.0. The van der Waals surface area contributed by atoms with Crippen molar-refractivity contribution in [2.45, 2.75) is 0 Å². The van der Waals surface area contributed by atoms with E-state index in [0.29, 0.717) is 11.3 Å². The van der Waals surface area contributed by atoms with Gasteiger partial charge in [0.25, 0.3) is 11.8 Å². The molecule has 2 N–H and O–H groups in total. The van der Waals surface area contributed by atoms with Crippen molar-refractivity contribution in [1.82, 2.24) is 0 Å². The number of amides is 2. The van der Waals surface area contributed by atoms with Gasteiger partial charge in [0.2, 0.25) is 0 Å². The molecule has 0 bridgehead atoms. The number of hydrogen-bond acceptors (Lipinski definition) is 4. The molecule has 0 radical (unpaired) electrons. The number of phenols is 1. The zero-order valence-corrected chi connectivity index (χ0v) is 11.8. The van der Waals surface area contributed by atoms with Crippen LogP contribution in [0.5, 0.6) is 5.75 Å². The number of nitrogens with zero attached hydrogens (tertiary/aromatic N) is 1. The van der Waals surface area contributed by atoms with Crippen LogP contribution in [-0.2, 0) is 4.79 Å². The number of hydrogen-bond donors (Lipinski definition) is 2. The van der Waals surface area contributed by atoms with E-state index >= 15 is 0 Å². The SMILES string of the molecule is O=C(O)/C=C/c1ccc(N2C(=O)c3ccc(O)cc3C2=O)cc1. The number of carbonyl (C=O) groups is 3. The second-order valence-corrected chi connectivity index (χ2v) is 4.94. The third-order valence-electron chi connectivity index (χ3n) is 3.44. The van der Waals surface area contributed by atoms with Crippen molar-refractivity contribution in [1.29, 1.82) is 0 Å². The number of carboxylic acid groups (broad SMARTS) is 1. The van der Waals surface area contributed by atoms with Crippen LogP contribution in [0.1, 0.15) is 26.3 Å². The lowest BCUT2D eigenvalue weighted by molar-refractivity contribution is -0.131. The van der Waals surface area contributed by atoms with E-state index < -0.39 is 17.8 Å². The summed E-state index contributed by atoms with van der Waals surface area (Å²) in [7, 11) is 0. The maximum atomic E-state index is 12.4. The Kier molecular flexibility index (Phi) is 3.42. The van der Waals surface area contributed by atoms with E-state index in [1.807, 2.05) is 0 Å². The summed E-state index contributed by atoms with van der Waals surface area (Å²) >= 11 is 0. The monoisotopic (exact) mass is 309 g/mol. The number of phenolic OH excluding ortho intramolecular Hbond substituents is 1. The van der Waals surface area contributed by atoms with E-state index in [0.717, 1.165) is 11.0 Å². The molecule has 0 atom stereocenters. The van der Waals surface area contributed by atoms with E-state index in [-0.39, 0.29) is 16.9 Å². The van der Waals surface area contributed by atoms with Gasteiger partial charge < -0.3 is 10.2 Å². The van der Waals surface area contributed by atoms with Crippen LogP contribution < -0.4 is 4.90 Å². The van der Waals surface area contributed by atoms with Crippen molar-refractivity contribution >= 4 is 29.5 Å². The molecule has 2 amide bonds. The molecule has 0 saturated heterocycles. The fourth-order valence-corrected chi connectivity index (χ4v) is 2.37. The molecule has 1 aliphatic heterocycles. The molecule has 1 aliphatic rings. The molecule has 2 aromatic rings. The van der Waals surface area contributed by atoms with Crippen molar-refractivity contribution in [3.05, 3.63) is 65.2 Å². The first-order chi connectivity index (χ1) is 11.0. The fourth-order valence-electron chi connectivity index (χ4n) is 2.37. The van der Waals surface area contributed by atoms with Gasteiger partial charge in [0.1, 0.15) is 5.75 Å². The first-order valence-corrected chi connectivity index (χ1v) is 6.70. The summed E-state index contributed by atoms with van der Waals surface area (Å²) in [6.45, 7) is 0. The molecular formula is C17H11NO5. The van der Waals surface area contributed by atoms with Crippen LogP contribution in [0.4, 0.5) is 5.69 Å². The number of carbonyl (C=O) groups excluding carboxylic acids is 2. The topological polar surface area (TPSA) is 94.9 Å². The van der Waals surface area contributed by atoms with Crippen LogP contribution in [0, 0.1) is 0 Å². The van der Waals surface area contributed by atoms with Gasteiger partial charge in [0, 0.05) is 6.08 Å². The van der Waals surface area contributed by atoms with E-state index in [1.165, 1.54) is 24.3 Å². The first kappa shape index (κ1) is 14.5. The standard InChI is InChI=1S/C17H11NO5/c19-12-6-7-13-14(9-12)17(23)18(16(13)22)11-4-1-10(2-5-11)3-8-15(20)21/h1-9,19H,(H,20,21)/b8-3+. The first-order valence-electron chi connectivity index (χ1n) is 6.70. The smallest absolute Gasteiger partial charge is 0.328 e. The van der Waals surface area contributed by atoms with Crippen molar-refractivity contribution in [3.63, 3.8) is 0 Å². The van der Waals surface area contributed by atoms with Gasteiger partial charge in [-0.25, -0.2) is 9.69 Å². The molecule has 23 heavy (non-hydrogen) atoms. The molecule has 2 aromatic carbocycles. The lowest BCUT2D eigenvalue weighted by Crippen LogP contribution is -2.29. The summed E-state index contributed by atoms with van der Waals surface area (Å²) in [6.07, 6.45) is 2.41. The maximum Gasteiger partial charge on any atom is 0.328 e. The molecule has 0 fully saturated rings. The summed E-state index contributed by atoms with van der Waals surface area (Å²) in [5.41, 5.74) is 1.40. The number of rotatable bonds is 3. The van der Waals surface area contributed by atoms with Gasteiger partial charge in [0.05, 0.1) is 16.8 Å². The average molecular weight is 309 g/mol. The number of fused-ring (bicyclic) bond motifs is 1. The van der Waals surface area contributed by atoms with Gasteiger partial charge in [-0.05, 0) is 42.0 Å². The Labute approximate surface area is 130 Å². The second-order valence-electron chi connectivity index (χ2n) is 4.94. The molecule has 0 spiro atoms. The maximum absolute atomic E-state index is 12.4. The number of benzene rings is 2. The second kappa shape index (κ2) is 5.42. The summed E-state index contributed by atoms with van der Waals surface area (Å²) in [6, 6.07) is 10.4. The number of carboxylic acids is 1. The quantitative estimate of drug-likeness (QED) is 0.670. The lowest BCUT2D eigenvalue weighted by Gasteiger charge is -2.13. The molecule has 0 unspecified atom stereocenters. The van der Waals surface area contributed by atoms with Gasteiger partial charge in [-0.15, -0.1) is 0 Å². The van der Waals surface area contributed by atoms with Crippen molar-refractivity contribution < 1.29 is 24.6 Å². The van der Waals surface area contributed by atoms with Crippen molar-refractivity contribution in [2.24, 2.45) is 0 Å². The highest BCUT2D eigenvalue weighted by atomic mass is 16.4. The zero-order valence-electron chi connectivity index (χ0n) is 11.8. The predicted molar refractivity (Wildman–Crippen MR) is 82.4 cm³/mol. The van der Waals surface area contributed by atoms with Crippen LogP contribution in [0.25, 0.3) is 6.08 Å². The van der Waals surface area contributed by atoms with Crippen LogP contribution in [-0.4, -0.2) is 28.0 Å². The highest BCUT2D eigenvalue weighted by Gasteiger charge is 2.36. The van der Waals surface area contributed by atoms with Gasteiger partial charge in [-0.1, -0.05) is 12.1 Å². The summed E-state index contributed by atoms with van der Waals surface area (Å²) in [5.74, 6) is -2.11. The largest absolute Gasteiger partial charge is 0.508 e. The molecular weight excluding hydrogens is 298 g/mol. The zero-order chi connectivity index (χ0) is 16.6. The van der Waals surface area contributed by atoms with E-state index in [2.05, 4.69) is 0 Å². The Morgan fingerprint density at radius 2 is 1.61 bits per heavy atom. The van der Waals surface area contributed by atoms with Crippen LogP contribution in [0.15, 0.2) is 48.5 Å². The number of aromatic hydroxyl groups is 1. The average Bonchev–Trinajstić information content (AvgIpc) is 2.77. The van der Waals surface area contributed by atoms with Crippen molar-refractivity contribution in [3.8, 4) is 5.75 Å². The fraction of sp³-hybridized carbons (Fsp3) is 0. The number of aliphatic carboxylic acids is 1. The molecule has 0 aromatic heterocycles. The third kappa shape index (κ3) is 2.57. The van der Waals surface area contributed by atoms with Gasteiger partial charge >= 0.3 is 5.97 Å². The van der Waals surface area contributed by atoms with E-state index in [9.17, 15) is 19.5 Å². The van der Waals surface area contributed by atoms with Gasteiger partial charge in [-0.2, -0.15) is 0 Å². The number of imide groups is 1. The molecule has 6 heteroatoms. The van der Waals surface area contributed by atoms with Crippen LogP contribution >= 0.6 is 0 Å². The predicted octanol–water partition coefficient (Wildman–Crippen LogP) is 2.29. The summed E-state index contributed by atoms with van der Waals surface area (Å²) in [4.78, 5) is 36.2. The minimum Gasteiger partial charge on any atom is -0.508 e. The Morgan fingerprint density at radius 1 is 0.957 bits per heavy atom. The lowest BCUT2D eigenvalue weighted by atomic mass is 10.1. The molecule has 6 nitrogen and oxygen atoms in total. The van der Waals surface area contributed by atoms with Gasteiger partial charge in [0.15, 0.2) is 0 Å². The molecule has 1 heterocycles. The van der Waals surface area contributed by atoms with Gasteiger partial charge in [-0.3, -0.25) is 9.59 Å². The van der Waals surface area contributed by atoms with Crippen molar-refractivity contribution in [2.75, 3.05) is 4.90 Å². The molecule has 0 saturated carbocycles. The highest BCUT2D eigenvalue weighted by Crippen LogP contribution is 2.30. The Morgan fingerprint density at radius 3 is 2.26 bits per heavy atom. The van der Waals surface area contributed by atoms with E-state index in [4.69, 9.17) is 5.11 Å². The molecule has 0 aliphatic carbocycles. The Balaban J connectivity index is 1.93. The third-order valence-corrected chi connectivity index (χ3v) is 3.44. The van der Waals surface area contributed by atoms with Crippen LogP contribution in [0.3, 0.4) is 0 Å². The molecule has 114 valence electrons. The summed E-state index contributed by atoms with van der Waals surface area (Å²) < 4.78 is 0. The van der Waals surface area contributed by atoms with Crippen LogP contribution in [0.2, 0.25) is 0 Å². The Hall–Kier alpha value is -3.41.